The van der Waals surface area contributed by atoms with Crippen molar-refractivity contribution in [2.75, 3.05) is 19.8 Å². The molecule has 1 unspecified atom stereocenters. The first kappa shape index (κ1) is 12.6. The zero-order valence-corrected chi connectivity index (χ0v) is 11.2. The first-order valence-electron chi connectivity index (χ1n) is 5.83. The maximum absolute atomic E-state index is 11.7. The van der Waals surface area contributed by atoms with Gasteiger partial charge in [0.15, 0.2) is 0 Å². The van der Waals surface area contributed by atoms with Gasteiger partial charge in [0.05, 0.1) is 13.0 Å². The highest BCUT2D eigenvalue weighted by molar-refractivity contribution is 9.10. The second-order valence-electron chi connectivity index (χ2n) is 4.34. The molecule has 1 amide bonds. The molecule has 0 bridgehead atoms. The molecule has 1 aliphatic rings. The molecule has 0 saturated carbocycles. The third-order valence-electron chi connectivity index (χ3n) is 2.87. The maximum Gasteiger partial charge on any atom is 0.224 e. The van der Waals surface area contributed by atoms with Crippen molar-refractivity contribution in [2.24, 2.45) is 5.92 Å². The molecule has 1 atom stereocenters. The number of carbonyl (C=O) groups excluding carboxylic acids is 1. The normalized spacial score (nSPS) is 19.2. The number of benzene rings is 1. The van der Waals surface area contributed by atoms with Gasteiger partial charge in [0.1, 0.15) is 0 Å². The molecule has 1 aliphatic heterocycles. The highest BCUT2D eigenvalue weighted by Crippen LogP contribution is 2.13. The fraction of sp³-hybridized carbons (Fsp3) is 0.462. The number of amides is 1. The Labute approximate surface area is 110 Å². The van der Waals surface area contributed by atoms with Crippen LogP contribution in [0.15, 0.2) is 28.7 Å². The van der Waals surface area contributed by atoms with Crippen LogP contribution in [0.25, 0.3) is 0 Å². The van der Waals surface area contributed by atoms with Gasteiger partial charge in [-0.1, -0.05) is 28.1 Å². The van der Waals surface area contributed by atoms with Gasteiger partial charge in [-0.3, -0.25) is 4.79 Å². The van der Waals surface area contributed by atoms with Gasteiger partial charge in [0.2, 0.25) is 5.91 Å². The summed E-state index contributed by atoms with van der Waals surface area (Å²) in [6, 6.07) is 7.83. The Morgan fingerprint density at radius 1 is 1.53 bits per heavy atom. The van der Waals surface area contributed by atoms with E-state index in [-0.39, 0.29) is 5.91 Å². The van der Waals surface area contributed by atoms with E-state index in [4.69, 9.17) is 4.74 Å². The Morgan fingerprint density at radius 3 is 3.12 bits per heavy atom. The molecule has 0 aliphatic carbocycles. The lowest BCUT2D eigenvalue weighted by Crippen LogP contribution is -2.30. The predicted octanol–water partition coefficient (Wildman–Crippen LogP) is 2.14. The first-order valence-corrected chi connectivity index (χ1v) is 6.62. The highest BCUT2D eigenvalue weighted by atomic mass is 79.9. The summed E-state index contributed by atoms with van der Waals surface area (Å²) in [4.78, 5) is 11.7. The van der Waals surface area contributed by atoms with E-state index in [1.54, 1.807) is 0 Å². The summed E-state index contributed by atoms with van der Waals surface area (Å²) in [5, 5.41) is 2.96. The molecule has 2 rings (SSSR count). The standard InChI is InChI=1S/C13H16BrNO2/c14-12-3-1-2-10(6-12)7-13(16)15-8-11-4-5-17-9-11/h1-3,6,11H,4-5,7-9H2,(H,15,16). The van der Waals surface area contributed by atoms with E-state index in [0.29, 0.717) is 12.3 Å². The van der Waals surface area contributed by atoms with Crippen LogP contribution >= 0.6 is 15.9 Å². The van der Waals surface area contributed by atoms with Crippen LogP contribution in [-0.4, -0.2) is 25.7 Å². The maximum atomic E-state index is 11.7. The molecule has 1 heterocycles. The number of carbonyl (C=O) groups is 1. The van der Waals surface area contributed by atoms with Gasteiger partial charge in [0.25, 0.3) is 0 Å². The first-order chi connectivity index (χ1) is 8.24. The van der Waals surface area contributed by atoms with Gasteiger partial charge in [-0.15, -0.1) is 0 Å². The van der Waals surface area contributed by atoms with E-state index in [0.717, 1.165) is 36.2 Å². The van der Waals surface area contributed by atoms with Crippen molar-refractivity contribution < 1.29 is 9.53 Å². The summed E-state index contributed by atoms with van der Waals surface area (Å²) in [6.07, 6.45) is 1.49. The van der Waals surface area contributed by atoms with Gasteiger partial charge in [0, 0.05) is 23.5 Å². The zero-order chi connectivity index (χ0) is 12.1. The monoisotopic (exact) mass is 297 g/mol. The highest BCUT2D eigenvalue weighted by Gasteiger charge is 2.16. The van der Waals surface area contributed by atoms with Crippen LogP contribution in [0.5, 0.6) is 0 Å². The quantitative estimate of drug-likeness (QED) is 0.925. The topological polar surface area (TPSA) is 38.3 Å². The molecule has 92 valence electrons. The molecule has 0 radical (unpaired) electrons. The minimum Gasteiger partial charge on any atom is -0.381 e. The lowest BCUT2D eigenvalue weighted by atomic mass is 10.1. The van der Waals surface area contributed by atoms with Crippen molar-refractivity contribution in [3.8, 4) is 0 Å². The minimum absolute atomic E-state index is 0.0787. The fourth-order valence-corrected chi connectivity index (χ4v) is 2.34. The van der Waals surface area contributed by atoms with Gasteiger partial charge < -0.3 is 10.1 Å². The second-order valence-corrected chi connectivity index (χ2v) is 5.26. The molecule has 1 saturated heterocycles. The lowest BCUT2D eigenvalue weighted by molar-refractivity contribution is -0.120. The van der Waals surface area contributed by atoms with Crippen LogP contribution in [-0.2, 0) is 16.0 Å². The number of nitrogens with one attached hydrogen (secondary N) is 1. The summed E-state index contributed by atoms with van der Waals surface area (Å²) in [5.41, 5.74) is 1.03. The molecule has 0 spiro atoms. The van der Waals surface area contributed by atoms with Crippen molar-refractivity contribution in [1.82, 2.24) is 5.32 Å². The van der Waals surface area contributed by atoms with E-state index in [9.17, 15) is 4.79 Å². The van der Waals surface area contributed by atoms with E-state index in [1.165, 1.54) is 0 Å². The van der Waals surface area contributed by atoms with Gasteiger partial charge in [-0.05, 0) is 24.1 Å². The van der Waals surface area contributed by atoms with E-state index >= 15 is 0 Å². The molecule has 17 heavy (non-hydrogen) atoms. The smallest absolute Gasteiger partial charge is 0.224 e. The van der Waals surface area contributed by atoms with Crippen molar-refractivity contribution in [1.29, 1.82) is 0 Å². The van der Waals surface area contributed by atoms with E-state index in [1.807, 2.05) is 24.3 Å². The van der Waals surface area contributed by atoms with E-state index in [2.05, 4.69) is 21.2 Å². The van der Waals surface area contributed by atoms with Crippen LogP contribution in [0, 0.1) is 5.92 Å². The summed E-state index contributed by atoms with van der Waals surface area (Å²) in [6.45, 7) is 2.33. The van der Waals surface area contributed by atoms with Crippen molar-refractivity contribution in [3.63, 3.8) is 0 Å². The van der Waals surface area contributed by atoms with Crippen LogP contribution < -0.4 is 5.32 Å². The Bertz CT molecular complexity index is 389. The third-order valence-corrected chi connectivity index (χ3v) is 3.36. The number of ether oxygens (including phenoxy) is 1. The zero-order valence-electron chi connectivity index (χ0n) is 9.62. The summed E-state index contributed by atoms with van der Waals surface area (Å²) in [7, 11) is 0. The van der Waals surface area contributed by atoms with Crippen LogP contribution in [0.3, 0.4) is 0 Å². The molecule has 3 nitrogen and oxygen atoms in total. The Balaban J connectivity index is 1.76. The lowest BCUT2D eigenvalue weighted by Gasteiger charge is -2.09. The molecule has 0 aromatic heterocycles. The van der Waals surface area contributed by atoms with Gasteiger partial charge in [-0.25, -0.2) is 0 Å². The number of hydrogen-bond donors (Lipinski definition) is 1. The summed E-state index contributed by atoms with van der Waals surface area (Å²) >= 11 is 3.40. The van der Waals surface area contributed by atoms with Crippen molar-refractivity contribution in [3.05, 3.63) is 34.3 Å². The summed E-state index contributed by atoms with van der Waals surface area (Å²) < 4.78 is 6.27. The number of halogens is 1. The van der Waals surface area contributed by atoms with E-state index < -0.39 is 0 Å². The molecule has 4 heteroatoms. The van der Waals surface area contributed by atoms with Gasteiger partial charge >= 0.3 is 0 Å². The Hall–Kier alpha value is -0.870. The molecular formula is C13H16BrNO2. The van der Waals surface area contributed by atoms with Gasteiger partial charge in [-0.2, -0.15) is 0 Å². The molecule has 1 N–H and O–H groups in total. The molecule has 1 aromatic carbocycles. The van der Waals surface area contributed by atoms with Crippen LogP contribution in [0.4, 0.5) is 0 Å². The molecular weight excluding hydrogens is 282 g/mol. The minimum atomic E-state index is 0.0787. The molecule has 1 aromatic rings. The fourth-order valence-electron chi connectivity index (χ4n) is 1.90. The second kappa shape index (κ2) is 6.17. The SMILES string of the molecule is O=C(Cc1cccc(Br)c1)NCC1CCOC1. The number of rotatable bonds is 4. The predicted molar refractivity (Wildman–Crippen MR) is 69.8 cm³/mol. The van der Waals surface area contributed by atoms with Crippen LogP contribution in [0.1, 0.15) is 12.0 Å². The van der Waals surface area contributed by atoms with Crippen LogP contribution in [0.2, 0.25) is 0 Å². The van der Waals surface area contributed by atoms with Crippen molar-refractivity contribution in [2.45, 2.75) is 12.8 Å². The third kappa shape index (κ3) is 4.13. The summed E-state index contributed by atoms with van der Waals surface area (Å²) in [5.74, 6) is 0.566. The Kier molecular flexibility index (Phi) is 4.57. The number of hydrogen-bond acceptors (Lipinski definition) is 2. The molecule has 1 fully saturated rings. The average molecular weight is 298 g/mol. The largest absolute Gasteiger partial charge is 0.381 e. The average Bonchev–Trinajstić information content (AvgIpc) is 2.79. The Morgan fingerprint density at radius 2 is 2.41 bits per heavy atom. The van der Waals surface area contributed by atoms with Crippen molar-refractivity contribution >= 4 is 21.8 Å².